The second kappa shape index (κ2) is 16.2. The first-order valence-electron chi connectivity index (χ1n) is 18.0. The summed E-state index contributed by atoms with van der Waals surface area (Å²) in [5.41, 5.74) is 5.05. The first-order valence-corrected chi connectivity index (χ1v) is 18.0. The van der Waals surface area contributed by atoms with Crippen LogP contribution in [0.5, 0.6) is 0 Å². The monoisotopic (exact) mass is 748 g/mol. The molecule has 6 aromatic carbocycles. The van der Waals surface area contributed by atoms with E-state index >= 15 is 0 Å². The van der Waals surface area contributed by atoms with Crippen LogP contribution in [0.4, 0.5) is 18.9 Å². The van der Waals surface area contributed by atoms with Crippen molar-refractivity contribution in [2.24, 2.45) is 0 Å². The van der Waals surface area contributed by atoms with Gasteiger partial charge in [0.25, 0.3) is 0 Å². The molecule has 1 aromatic heterocycles. The maximum atomic E-state index is 14.0. The fourth-order valence-corrected chi connectivity index (χ4v) is 7.38. The standard InChI is InChI=1S/C39H27F3N2O.C7H8N2O2/c40-39(41,42)28-8-6-7-26(19-28)37-33-18-17-32-31-12-5-4-11-30(31)27(23-44-29-9-2-1-3-10-29)20-35(32)38(33)34(21-36(37)45)25-15-13-24(22-43)14-16-25;1-2-11-7(10)6-3-8-5-9-4-6/h1-20,34,37,44H,21,23H2;3-5H,2H2,1H3. The smallest absolute Gasteiger partial charge is 0.416 e. The number of carbonyl (C=O) groups is 2. The van der Waals surface area contributed by atoms with E-state index in [1.54, 1.807) is 25.1 Å². The predicted molar refractivity (Wildman–Crippen MR) is 209 cm³/mol. The van der Waals surface area contributed by atoms with E-state index in [0.717, 1.165) is 56.1 Å². The Morgan fingerprint density at radius 3 is 2.21 bits per heavy atom. The molecule has 2 unspecified atom stereocenters. The van der Waals surface area contributed by atoms with Gasteiger partial charge in [-0.3, -0.25) is 4.79 Å². The van der Waals surface area contributed by atoms with Gasteiger partial charge in [-0.2, -0.15) is 18.4 Å². The molecule has 0 spiro atoms. The van der Waals surface area contributed by atoms with Crippen molar-refractivity contribution in [1.29, 1.82) is 5.26 Å². The van der Waals surface area contributed by atoms with E-state index in [9.17, 15) is 28.0 Å². The number of nitrogens with one attached hydrogen (secondary N) is 1. The number of fused-ring (bicyclic) bond motifs is 5. The molecule has 10 heteroatoms. The number of Topliss-reactive ketones (excluding diaryl/α,β-unsaturated/α-hetero) is 1. The fraction of sp³-hybridized carbons (Fsp3) is 0.152. The summed E-state index contributed by atoms with van der Waals surface area (Å²) in [6.07, 6.45) is -0.188. The van der Waals surface area contributed by atoms with Gasteiger partial charge in [0.15, 0.2) is 0 Å². The highest BCUT2D eigenvalue weighted by atomic mass is 19.4. The Kier molecular flexibility index (Phi) is 10.9. The van der Waals surface area contributed by atoms with Gasteiger partial charge in [-0.1, -0.05) is 84.9 Å². The molecule has 8 rings (SSSR count). The molecule has 0 bridgehead atoms. The number of hydrogen-bond acceptors (Lipinski definition) is 7. The quantitative estimate of drug-likeness (QED) is 0.128. The van der Waals surface area contributed by atoms with Crippen LogP contribution in [-0.2, 0) is 22.3 Å². The second-order valence-corrected chi connectivity index (χ2v) is 13.3. The molecule has 278 valence electrons. The predicted octanol–water partition coefficient (Wildman–Crippen LogP) is 10.4. The number of carbonyl (C=O) groups excluding carboxylic acids is 2. The van der Waals surface area contributed by atoms with Crippen LogP contribution in [0.2, 0.25) is 0 Å². The number of rotatable bonds is 7. The van der Waals surface area contributed by atoms with Gasteiger partial charge in [0, 0.05) is 37.0 Å². The molecular formula is C46H35F3N4O3. The summed E-state index contributed by atoms with van der Waals surface area (Å²) in [6, 6.07) is 38.8. The summed E-state index contributed by atoms with van der Waals surface area (Å²) in [5.74, 6) is -1.68. The number of esters is 1. The molecule has 7 aromatic rings. The molecule has 1 aliphatic carbocycles. The van der Waals surface area contributed by atoms with Gasteiger partial charge >= 0.3 is 12.1 Å². The third-order valence-electron chi connectivity index (χ3n) is 9.91. The summed E-state index contributed by atoms with van der Waals surface area (Å²) >= 11 is 0. The number of nitriles is 1. The summed E-state index contributed by atoms with van der Waals surface area (Å²) in [7, 11) is 0. The molecule has 0 saturated heterocycles. The van der Waals surface area contributed by atoms with Gasteiger partial charge in [0.2, 0.25) is 0 Å². The van der Waals surface area contributed by atoms with Crippen LogP contribution < -0.4 is 5.32 Å². The van der Waals surface area contributed by atoms with Gasteiger partial charge in [-0.25, -0.2) is 14.8 Å². The molecule has 56 heavy (non-hydrogen) atoms. The minimum Gasteiger partial charge on any atom is -0.462 e. The van der Waals surface area contributed by atoms with Gasteiger partial charge in [0.05, 0.1) is 35.3 Å². The van der Waals surface area contributed by atoms with Crippen molar-refractivity contribution in [2.45, 2.75) is 37.9 Å². The molecule has 7 nitrogen and oxygen atoms in total. The maximum Gasteiger partial charge on any atom is 0.416 e. The van der Waals surface area contributed by atoms with E-state index in [1.807, 2.05) is 66.7 Å². The molecule has 0 amide bonds. The Hall–Kier alpha value is -6.86. The zero-order valence-electron chi connectivity index (χ0n) is 30.3. The molecule has 1 aliphatic rings. The van der Waals surface area contributed by atoms with Crippen LogP contribution in [0.25, 0.3) is 21.5 Å². The third-order valence-corrected chi connectivity index (χ3v) is 9.91. The molecule has 0 aliphatic heterocycles. The van der Waals surface area contributed by atoms with Crippen LogP contribution in [0.15, 0.2) is 140 Å². The number of aromatic nitrogens is 2. The number of anilines is 1. The first kappa shape index (κ1) is 37.5. The van der Waals surface area contributed by atoms with Crippen molar-refractivity contribution in [3.63, 3.8) is 0 Å². The van der Waals surface area contributed by atoms with Crippen LogP contribution in [0.3, 0.4) is 0 Å². The zero-order valence-corrected chi connectivity index (χ0v) is 30.3. The largest absolute Gasteiger partial charge is 0.462 e. The number of ether oxygens (including phenoxy) is 1. The van der Waals surface area contributed by atoms with Crippen molar-refractivity contribution in [2.75, 3.05) is 11.9 Å². The molecule has 0 radical (unpaired) electrons. The maximum absolute atomic E-state index is 14.0. The Morgan fingerprint density at radius 1 is 0.821 bits per heavy atom. The number of ketones is 1. The first-order chi connectivity index (χ1) is 27.2. The van der Waals surface area contributed by atoms with Gasteiger partial charge < -0.3 is 10.1 Å². The van der Waals surface area contributed by atoms with E-state index in [2.05, 4.69) is 39.6 Å². The van der Waals surface area contributed by atoms with Crippen molar-refractivity contribution in [1.82, 2.24) is 9.97 Å². The highest BCUT2D eigenvalue weighted by molar-refractivity contribution is 6.11. The summed E-state index contributed by atoms with van der Waals surface area (Å²) < 4.78 is 46.0. The van der Waals surface area contributed by atoms with Crippen molar-refractivity contribution in [3.8, 4) is 6.07 Å². The normalized spacial score (nSPS) is 14.9. The number of para-hydroxylation sites is 1. The average Bonchev–Trinajstić information content (AvgIpc) is 3.23. The van der Waals surface area contributed by atoms with Crippen LogP contribution in [0.1, 0.15) is 74.5 Å². The Labute approximate surface area is 321 Å². The number of hydrogen-bond donors (Lipinski definition) is 1. The molecule has 1 heterocycles. The zero-order chi connectivity index (χ0) is 39.2. The van der Waals surface area contributed by atoms with E-state index in [1.165, 1.54) is 24.8 Å². The Bertz CT molecular complexity index is 2570. The lowest BCUT2D eigenvalue weighted by Gasteiger charge is -2.33. The molecule has 1 N–H and O–H groups in total. The summed E-state index contributed by atoms with van der Waals surface area (Å²) in [6.45, 7) is 2.68. The molecule has 0 fully saturated rings. The van der Waals surface area contributed by atoms with Crippen molar-refractivity contribution < 1.29 is 27.5 Å². The van der Waals surface area contributed by atoms with E-state index < -0.39 is 17.7 Å². The number of alkyl halides is 3. The lowest BCUT2D eigenvalue weighted by Crippen LogP contribution is -2.26. The molecule has 2 atom stereocenters. The topological polar surface area (TPSA) is 105 Å². The Balaban J connectivity index is 0.000000378. The third kappa shape index (κ3) is 7.84. The number of nitrogens with zero attached hydrogens (tertiary/aromatic N) is 3. The summed E-state index contributed by atoms with van der Waals surface area (Å²) in [4.78, 5) is 32.3. The van der Waals surface area contributed by atoms with E-state index in [4.69, 9.17) is 4.74 Å². The summed E-state index contributed by atoms with van der Waals surface area (Å²) in [5, 5.41) is 17.1. The lowest BCUT2D eigenvalue weighted by molar-refractivity contribution is -0.137. The minimum atomic E-state index is -4.52. The van der Waals surface area contributed by atoms with Gasteiger partial charge in [0.1, 0.15) is 12.1 Å². The number of halogens is 3. The van der Waals surface area contributed by atoms with Crippen molar-refractivity contribution in [3.05, 3.63) is 185 Å². The second-order valence-electron chi connectivity index (χ2n) is 13.3. The van der Waals surface area contributed by atoms with Crippen molar-refractivity contribution >= 4 is 39.0 Å². The lowest BCUT2D eigenvalue weighted by atomic mass is 9.69. The Morgan fingerprint density at radius 2 is 1.52 bits per heavy atom. The average molecular weight is 749 g/mol. The van der Waals surface area contributed by atoms with Crippen LogP contribution in [-0.4, -0.2) is 28.3 Å². The van der Waals surface area contributed by atoms with Gasteiger partial charge in [-0.15, -0.1) is 0 Å². The van der Waals surface area contributed by atoms with E-state index in [0.29, 0.717) is 35.4 Å². The molecular weight excluding hydrogens is 714 g/mol. The van der Waals surface area contributed by atoms with Gasteiger partial charge in [-0.05, 0) is 92.7 Å². The fourth-order valence-electron chi connectivity index (χ4n) is 7.38. The van der Waals surface area contributed by atoms with Crippen LogP contribution in [0, 0.1) is 11.3 Å². The highest BCUT2D eigenvalue weighted by Gasteiger charge is 2.38. The molecule has 0 saturated carbocycles. The van der Waals surface area contributed by atoms with E-state index in [-0.39, 0.29) is 24.1 Å². The number of benzene rings is 6. The minimum absolute atomic E-state index is 0.128. The van der Waals surface area contributed by atoms with Crippen LogP contribution >= 0.6 is 0 Å². The SMILES string of the molecule is CCOC(=O)c1cncnc1.N#Cc1ccc(C2CC(=O)C(c3cccc(C(F)(F)F)c3)c3ccc4c(cc(CNc5ccccc5)c5ccccc54)c32)cc1. The highest BCUT2D eigenvalue weighted by Crippen LogP contribution is 2.48.